The fraction of sp³-hybridized carbons (Fsp3) is 0. The summed E-state index contributed by atoms with van der Waals surface area (Å²) in [6, 6.07) is 23.3. The summed E-state index contributed by atoms with van der Waals surface area (Å²) < 4.78 is 25.0. The van der Waals surface area contributed by atoms with Crippen LogP contribution in [0.2, 0.25) is 0 Å². The van der Waals surface area contributed by atoms with Crippen LogP contribution in [0.4, 0.5) is 0 Å². The van der Waals surface area contributed by atoms with Gasteiger partial charge >= 0.3 is 0 Å². The van der Waals surface area contributed by atoms with Crippen molar-refractivity contribution in [3.8, 4) is 0 Å². The maximum absolute atomic E-state index is 12.5. The minimum atomic E-state index is -1.38. The van der Waals surface area contributed by atoms with Gasteiger partial charge in [0.15, 0.2) is 0 Å². The Morgan fingerprint density at radius 3 is 1.36 bits per heavy atom. The Hall–Kier alpha value is -2.11. The summed E-state index contributed by atoms with van der Waals surface area (Å²) in [4.78, 5) is 5.68. The third-order valence-electron chi connectivity index (χ3n) is 2.99. The van der Waals surface area contributed by atoms with Gasteiger partial charge < -0.3 is 0 Å². The van der Waals surface area contributed by atoms with E-state index in [0.717, 1.165) is 0 Å². The highest BCUT2D eigenvalue weighted by Gasteiger charge is 2.13. The average Bonchev–Trinajstić information content (AvgIpc) is 2.62. The molecule has 3 rings (SSSR count). The fourth-order valence-electron chi connectivity index (χ4n) is 1.93. The predicted octanol–water partition coefficient (Wildman–Crippen LogP) is 3.42. The molecule has 1 aromatic heterocycles. The molecular formula is C17H13NO2S2. The third kappa shape index (κ3) is 3.21. The Morgan fingerprint density at radius 2 is 0.955 bits per heavy atom. The first kappa shape index (κ1) is 14.8. The van der Waals surface area contributed by atoms with Crippen LogP contribution >= 0.6 is 0 Å². The van der Waals surface area contributed by atoms with Crippen LogP contribution in [0.5, 0.6) is 0 Å². The molecule has 0 bridgehead atoms. The van der Waals surface area contributed by atoms with E-state index < -0.39 is 21.6 Å². The van der Waals surface area contributed by atoms with E-state index in [1.54, 1.807) is 42.5 Å². The first-order valence-electron chi connectivity index (χ1n) is 6.66. The Kier molecular flexibility index (Phi) is 4.56. The van der Waals surface area contributed by atoms with E-state index in [1.165, 1.54) is 0 Å². The van der Waals surface area contributed by atoms with E-state index in [2.05, 4.69) is 4.98 Å². The Morgan fingerprint density at radius 1 is 0.545 bits per heavy atom. The van der Waals surface area contributed by atoms with E-state index in [-0.39, 0.29) is 0 Å². The van der Waals surface area contributed by atoms with Gasteiger partial charge in [-0.3, -0.25) is 0 Å². The Balaban J connectivity index is 1.94. The van der Waals surface area contributed by atoms with Crippen molar-refractivity contribution in [2.45, 2.75) is 19.8 Å². The summed E-state index contributed by atoms with van der Waals surface area (Å²) in [6.07, 6.45) is 0. The summed E-state index contributed by atoms with van der Waals surface area (Å²) in [5.74, 6) is 0. The van der Waals surface area contributed by atoms with Gasteiger partial charge in [-0.15, -0.1) is 0 Å². The van der Waals surface area contributed by atoms with Crippen LogP contribution in [0.15, 0.2) is 98.7 Å². The second kappa shape index (κ2) is 6.77. The lowest BCUT2D eigenvalue weighted by Crippen LogP contribution is -2.01. The van der Waals surface area contributed by atoms with Gasteiger partial charge in [0.05, 0.1) is 0 Å². The highest BCUT2D eigenvalue weighted by Crippen LogP contribution is 2.18. The lowest BCUT2D eigenvalue weighted by Gasteiger charge is -2.05. The number of rotatable bonds is 4. The largest absolute Gasteiger partial charge is 0.247 e. The lowest BCUT2D eigenvalue weighted by atomic mass is 10.4. The number of pyridine rings is 1. The van der Waals surface area contributed by atoms with Gasteiger partial charge in [-0.25, -0.2) is 13.4 Å². The van der Waals surface area contributed by atoms with Crippen molar-refractivity contribution in [3.63, 3.8) is 0 Å². The molecule has 2 unspecified atom stereocenters. The molecule has 0 saturated carbocycles. The minimum Gasteiger partial charge on any atom is -0.247 e. The molecule has 0 aliphatic heterocycles. The molecule has 0 aliphatic rings. The molecule has 0 amide bonds. The van der Waals surface area contributed by atoms with E-state index in [1.807, 2.05) is 36.4 Å². The van der Waals surface area contributed by atoms with E-state index in [4.69, 9.17) is 0 Å². The van der Waals surface area contributed by atoms with Gasteiger partial charge in [-0.2, -0.15) is 0 Å². The maximum Gasteiger partial charge on any atom is 0.133 e. The Bertz CT molecular complexity index is 754. The predicted molar refractivity (Wildman–Crippen MR) is 86.5 cm³/mol. The molecule has 0 N–H and O–H groups in total. The molecule has 110 valence electrons. The summed E-state index contributed by atoms with van der Waals surface area (Å²) in [6.45, 7) is 0. The van der Waals surface area contributed by atoms with Crippen LogP contribution in [0.3, 0.4) is 0 Å². The van der Waals surface area contributed by atoms with Crippen molar-refractivity contribution in [3.05, 3.63) is 78.9 Å². The first-order valence-corrected chi connectivity index (χ1v) is 8.96. The van der Waals surface area contributed by atoms with Crippen LogP contribution in [0, 0.1) is 0 Å². The number of aromatic nitrogens is 1. The Labute approximate surface area is 134 Å². The van der Waals surface area contributed by atoms with Crippen molar-refractivity contribution >= 4 is 21.6 Å². The van der Waals surface area contributed by atoms with E-state index >= 15 is 0 Å². The van der Waals surface area contributed by atoms with Crippen LogP contribution in [-0.2, 0) is 21.6 Å². The number of nitrogens with zero attached hydrogens (tertiary/aromatic N) is 1. The quantitative estimate of drug-likeness (QED) is 0.738. The standard InChI is InChI=1S/C17H13NO2S2/c19-21(14-8-3-1-4-9-14)16-12-7-13-17(18-16)22(20)15-10-5-2-6-11-15/h1-13H. The summed E-state index contributed by atoms with van der Waals surface area (Å²) >= 11 is 0. The molecule has 3 nitrogen and oxygen atoms in total. The van der Waals surface area contributed by atoms with Crippen LogP contribution in [0.25, 0.3) is 0 Å². The third-order valence-corrected chi connectivity index (χ3v) is 5.61. The van der Waals surface area contributed by atoms with Crippen molar-refractivity contribution in [2.75, 3.05) is 0 Å². The van der Waals surface area contributed by atoms with Gasteiger partial charge in [-0.05, 0) is 36.4 Å². The van der Waals surface area contributed by atoms with Crippen LogP contribution < -0.4 is 0 Å². The monoisotopic (exact) mass is 327 g/mol. The lowest BCUT2D eigenvalue weighted by molar-refractivity contribution is 0.674. The number of benzene rings is 2. The first-order chi connectivity index (χ1) is 10.8. The second-order valence-corrected chi connectivity index (χ2v) is 7.33. The minimum absolute atomic E-state index is 0.410. The molecule has 3 aromatic rings. The van der Waals surface area contributed by atoms with Gasteiger partial charge in [-0.1, -0.05) is 42.5 Å². The van der Waals surface area contributed by atoms with E-state index in [0.29, 0.717) is 19.8 Å². The van der Waals surface area contributed by atoms with Crippen LogP contribution in [-0.4, -0.2) is 13.4 Å². The van der Waals surface area contributed by atoms with Gasteiger partial charge in [0, 0.05) is 9.79 Å². The molecule has 0 fully saturated rings. The van der Waals surface area contributed by atoms with Crippen molar-refractivity contribution in [1.82, 2.24) is 4.98 Å². The zero-order chi connectivity index (χ0) is 15.4. The van der Waals surface area contributed by atoms with Crippen molar-refractivity contribution < 1.29 is 8.42 Å². The van der Waals surface area contributed by atoms with Crippen LogP contribution in [0.1, 0.15) is 0 Å². The van der Waals surface area contributed by atoms with Crippen molar-refractivity contribution in [1.29, 1.82) is 0 Å². The molecule has 0 spiro atoms. The van der Waals surface area contributed by atoms with Gasteiger partial charge in [0.2, 0.25) is 0 Å². The van der Waals surface area contributed by atoms with E-state index in [9.17, 15) is 8.42 Å². The summed E-state index contributed by atoms with van der Waals surface area (Å²) in [5.41, 5.74) is 0. The summed E-state index contributed by atoms with van der Waals surface area (Å²) in [7, 11) is -2.75. The number of hydrogen-bond donors (Lipinski definition) is 0. The molecular weight excluding hydrogens is 314 g/mol. The zero-order valence-corrected chi connectivity index (χ0v) is 13.2. The molecule has 0 aliphatic carbocycles. The normalized spacial score (nSPS) is 13.5. The second-order valence-electron chi connectivity index (χ2n) is 4.48. The molecule has 0 saturated heterocycles. The molecule has 1 heterocycles. The molecule has 5 heteroatoms. The summed E-state index contributed by atoms with van der Waals surface area (Å²) in [5, 5.41) is 0.820. The fourth-order valence-corrected chi connectivity index (χ4v) is 4.05. The van der Waals surface area contributed by atoms with Gasteiger partial charge in [0.1, 0.15) is 31.7 Å². The topological polar surface area (TPSA) is 47.0 Å². The highest BCUT2D eigenvalue weighted by atomic mass is 32.2. The zero-order valence-electron chi connectivity index (χ0n) is 11.6. The average molecular weight is 327 g/mol. The molecule has 2 atom stereocenters. The number of hydrogen-bond acceptors (Lipinski definition) is 3. The van der Waals surface area contributed by atoms with Gasteiger partial charge in [0.25, 0.3) is 0 Å². The maximum atomic E-state index is 12.5. The SMILES string of the molecule is O=S(c1ccccc1)c1cccc(S(=O)c2ccccc2)n1. The van der Waals surface area contributed by atoms with Crippen molar-refractivity contribution in [2.24, 2.45) is 0 Å². The molecule has 22 heavy (non-hydrogen) atoms. The smallest absolute Gasteiger partial charge is 0.133 e. The molecule has 0 radical (unpaired) electrons. The highest BCUT2D eigenvalue weighted by molar-refractivity contribution is 7.85. The molecule has 2 aromatic carbocycles.